The molecule has 0 bridgehead atoms. The second-order valence-corrected chi connectivity index (χ2v) is 5.77. The maximum Gasteiger partial charge on any atom is 0.253 e. The van der Waals surface area contributed by atoms with Crippen LogP contribution in [-0.2, 0) is 6.54 Å². The highest BCUT2D eigenvalue weighted by Crippen LogP contribution is 2.10. The summed E-state index contributed by atoms with van der Waals surface area (Å²) in [6.07, 6.45) is 2.48. The number of nitrogens with zero attached hydrogens (tertiary/aromatic N) is 3. The van der Waals surface area contributed by atoms with E-state index in [1.165, 1.54) is 12.8 Å². The molecule has 2 rings (SSSR count). The van der Waals surface area contributed by atoms with E-state index in [2.05, 4.69) is 15.2 Å². The van der Waals surface area contributed by atoms with Gasteiger partial charge in [0.25, 0.3) is 5.91 Å². The van der Waals surface area contributed by atoms with Crippen LogP contribution < -0.4 is 5.32 Å². The van der Waals surface area contributed by atoms with Crippen LogP contribution in [0.1, 0.15) is 42.6 Å². The number of hydrogen-bond donors (Lipinski definition) is 1. The summed E-state index contributed by atoms with van der Waals surface area (Å²) in [5, 5.41) is 3.40. The van der Waals surface area contributed by atoms with Crippen molar-refractivity contribution in [2.75, 3.05) is 33.2 Å². The van der Waals surface area contributed by atoms with Crippen molar-refractivity contribution in [3.8, 4) is 0 Å². The minimum atomic E-state index is 0.0994. The minimum Gasteiger partial charge on any atom is -0.352 e. The molecule has 23 heavy (non-hydrogen) atoms. The van der Waals surface area contributed by atoms with E-state index in [1.54, 1.807) is 0 Å². The smallest absolute Gasteiger partial charge is 0.253 e. The monoisotopic (exact) mass is 316 g/mol. The van der Waals surface area contributed by atoms with Crippen molar-refractivity contribution < 1.29 is 4.79 Å². The average Bonchev–Trinajstić information content (AvgIpc) is 3.11. The average molecular weight is 316 g/mol. The summed E-state index contributed by atoms with van der Waals surface area (Å²) in [7, 11) is 1.83. The molecule has 1 fully saturated rings. The van der Waals surface area contributed by atoms with Gasteiger partial charge in [-0.15, -0.1) is 0 Å². The summed E-state index contributed by atoms with van der Waals surface area (Å²) in [5.41, 5.74) is 1.91. The van der Waals surface area contributed by atoms with Crippen molar-refractivity contribution in [3.63, 3.8) is 0 Å². The molecule has 5 heteroatoms. The molecule has 0 radical (unpaired) electrons. The summed E-state index contributed by atoms with van der Waals surface area (Å²) in [5.74, 6) is 1.06. The van der Waals surface area contributed by atoms with Crippen LogP contribution in [0.25, 0.3) is 0 Å². The molecule has 1 aromatic rings. The summed E-state index contributed by atoms with van der Waals surface area (Å²) < 4.78 is 0. The third-order valence-electron chi connectivity index (χ3n) is 4.32. The largest absolute Gasteiger partial charge is 0.352 e. The van der Waals surface area contributed by atoms with Crippen LogP contribution >= 0.6 is 0 Å². The number of rotatable bonds is 5. The lowest BCUT2D eigenvalue weighted by Gasteiger charge is -2.21. The SMILES string of the molecule is CCN(CC)C(=O)c1ccc(CNC(=NC)N2CCCC2)cc1. The molecule has 1 saturated heterocycles. The molecule has 0 aliphatic carbocycles. The van der Waals surface area contributed by atoms with E-state index in [0.717, 1.165) is 49.8 Å². The highest BCUT2D eigenvalue weighted by atomic mass is 16.2. The highest BCUT2D eigenvalue weighted by Gasteiger charge is 2.15. The molecule has 0 spiro atoms. The summed E-state index contributed by atoms with van der Waals surface area (Å²) in [4.78, 5) is 20.8. The van der Waals surface area contributed by atoms with Gasteiger partial charge in [-0.3, -0.25) is 9.79 Å². The van der Waals surface area contributed by atoms with Crippen LogP contribution in [-0.4, -0.2) is 54.9 Å². The summed E-state index contributed by atoms with van der Waals surface area (Å²) in [6, 6.07) is 7.86. The van der Waals surface area contributed by atoms with Crippen LogP contribution in [0, 0.1) is 0 Å². The van der Waals surface area contributed by atoms with Crippen molar-refractivity contribution in [2.45, 2.75) is 33.2 Å². The molecule has 1 N–H and O–H groups in total. The molecule has 1 aliphatic rings. The van der Waals surface area contributed by atoms with Crippen molar-refractivity contribution in [1.82, 2.24) is 15.1 Å². The van der Waals surface area contributed by atoms with Crippen LogP contribution in [0.15, 0.2) is 29.3 Å². The van der Waals surface area contributed by atoms with Gasteiger partial charge in [-0.05, 0) is 44.4 Å². The number of carbonyl (C=O) groups excluding carboxylic acids is 1. The number of nitrogens with one attached hydrogen (secondary N) is 1. The Morgan fingerprint density at radius 1 is 1.17 bits per heavy atom. The Labute approximate surface area is 139 Å². The Kier molecular flexibility index (Phi) is 6.44. The first-order chi connectivity index (χ1) is 11.2. The first kappa shape index (κ1) is 17.3. The van der Waals surface area contributed by atoms with Gasteiger partial charge in [-0.25, -0.2) is 0 Å². The van der Waals surface area contributed by atoms with Crippen LogP contribution in [0.2, 0.25) is 0 Å². The predicted octanol–water partition coefficient (Wildman–Crippen LogP) is 2.34. The maximum atomic E-state index is 12.3. The molecular weight excluding hydrogens is 288 g/mol. The van der Waals surface area contributed by atoms with E-state index in [-0.39, 0.29) is 5.91 Å². The van der Waals surface area contributed by atoms with Gasteiger partial charge in [0.05, 0.1) is 0 Å². The zero-order chi connectivity index (χ0) is 16.7. The number of aliphatic imine (C=N–C) groups is 1. The first-order valence-electron chi connectivity index (χ1n) is 8.53. The lowest BCUT2D eigenvalue weighted by atomic mass is 10.1. The molecule has 1 aliphatic heterocycles. The molecule has 0 aromatic heterocycles. The van der Waals surface area contributed by atoms with Crippen molar-refractivity contribution in [2.24, 2.45) is 4.99 Å². The van der Waals surface area contributed by atoms with Gasteiger partial charge in [0.2, 0.25) is 0 Å². The zero-order valence-corrected chi connectivity index (χ0v) is 14.5. The number of hydrogen-bond acceptors (Lipinski definition) is 2. The third kappa shape index (κ3) is 4.47. The third-order valence-corrected chi connectivity index (χ3v) is 4.32. The normalized spacial score (nSPS) is 14.9. The number of carbonyl (C=O) groups is 1. The highest BCUT2D eigenvalue weighted by molar-refractivity contribution is 5.94. The van der Waals surface area contributed by atoms with Gasteiger partial charge in [-0.2, -0.15) is 0 Å². The molecule has 126 valence electrons. The molecule has 1 heterocycles. The predicted molar refractivity (Wildman–Crippen MR) is 94.7 cm³/mol. The number of guanidine groups is 1. The van der Waals surface area contributed by atoms with Gasteiger partial charge in [0, 0.05) is 45.3 Å². The summed E-state index contributed by atoms with van der Waals surface area (Å²) >= 11 is 0. The van der Waals surface area contributed by atoms with Gasteiger partial charge < -0.3 is 15.1 Å². The number of benzene rings is 1. The quantitative estimate of drug-likeness (QED) is 0.670. The van der Waals surface area contributed by atoms with Crippen LogP contribution in [0.4, 0.5) is 0 Å². The fourth-order valence-corrected chi connectivity index (χ4v) is 2.90. The Balaban J connectivity index is 1.93. The second-order valence-electron chi connectivity index (χ2n) is 5.77. The molecular formula is C18H28N4O. The standard InChI is InChI=1S/C18H28N4O/c1-4-21(5-2)17(23)16-10-8-15(9-11-16)14-20-18(19-3)22-12-6-7-13-22/h8-11H,4-7,12-14H2,1-3H3,(H,19,20). The Bertz CT molecular complexity index is 528. The van der Waals surface area contributed by atoms with Crippen LogP contribution in [0.3, 0.4) is 0 Å². The van der Waals surface area contributed by atoms with E-state index in [0.29, 0.717) is 0 Å². The molecule has 1 aromatic carbocycles. The van der Waals surface area contributed by atoms with Gasteiger partial charge in [0.15, 0.2) is 5.96 Å². The zero-order valence-electron chi connectivity index (χ0n) is 14.5. The maximum absolute atomic E-state index is 12.3. The van der Waals surface area contributed by atoms with Crippen LogP contribution in [0.5, 0.6) is 0 Å². The molecule has 0 unspecified atom stereocenters. The number of amides is 1. The van der Waals surface area contributed by atoms with E-state index in [4.69, 9.17) is 0 Å². The van der Waals surface area contributed by atoms with E-state index in [9.17, 15) is 4.79 Å². The minimum absolute atomic E-state index is 0.0994. The fraction of sp³-hybridized carbons (Fsp3) is 0.556. The van der Waals surface area contributed by atoms with Gasteiger partial charge in [-0.1, -0.05) is 12.1 Å². The lowest BCUT2D eigenvalue weighted by Crippen LogP contribution is -2.39. The molecule has 0 atom stereocenters. The van der Waals surface area contributed by atoms with Crippen molar-refractivity contribution in [3.05, 3.63) is 35.4 Å². The van der Waals surface area contributed by atoms with Crippen molar-refractivity contribution >= 4 is 11.9 Å². The topological polar surface area (TPSA) is 47.9 Å². The molecule has 0 saturated carbocycles. The van der Waals surface area contributed by atoms with Gasteiger partial charge in [0.1, 0.15) is 0 Å². The van der Waals surface area contributed by atoms with E-state index >= 15 is 0 Å². The van der Waals surface area contributed by atoms with Gasteiger partial charge >= 0.3 is 0 Å². The Morgan fingerprint density at radius 2 is 1.78 bits per heavy atom. The van der Waals surface area contributed by atoms with E-state index < -0.39 is 0 Å². The fourth-order valence-electron chi connectivity index (χ4n) is 2.90. The second kappa shape index (κ2) is 8.56. The first-order valence-corrected chi connectivity index (χ1v) is 8.53. The summed E-state index contributed by atoms with van der Waals surface area (Å²) in [6.45, 7) is 8.37. The Morgan fingerprint density at radius 3 is 2.30 bits per heavy atom. The van der Waals surface area contributed by atoms with Crippen molar-refractivity contribution in [1.29, 1.82) is 0 Å². The molecule has 1 amide bonds. The lowest BCUT2D eigenvalue weighted by molar-refractivity contribution is 0.0773. The van der Waals surface area contributed by atoms with E-state index in [1.807, 2.05) is 50.1 Å². The Hall–Kier alpha value is -2.04. The number of likely N-dealkylation sites (tertiary alicyclic amines) is 1. The molecule has 5 nitrogen and oxygen atoms in total.